The molecule has 0 saturated heterocycles. The van der Waals surface area contributed by atoms with Crippen molar-refractivity contribution in [2.45, 2.75) is 148 Å². The number of aromatic amines is 1. The van der Waals surface area contributed by atoms with Crippen LogP contribution in [0.1, 0.15) is 178 Å². The number of aryl methyl sites for hydroxylation is 6. The minimum atomic E-state index is -1.00. The summed E-state index contributed by atoms with van der Waals surface area (Å²) in [6.45, 7) is 12.1. The van der Waals surface area contributed by atoms with Gasteiger partial charge in [-0.15, -0.1) is 0 Å². The molecule has 18 rings (SSSR count). The third-order valence-corrected chi connectivity index (χ3v) is 22.2. The maximum atomic E-state index is 14.3. The predicted molar refractivity (Wildman–Crippen MR) is 474 cm³/mol. The largest absolute Gasteiger partial charge is 1.00 e. The summed E-state index contributed by atoms with van der Waals surface area (Å²) < 4.78 is 41.5. The first-order valence-electron chi connectivity index (χ1n) is 42.0. The van der Waals surface area contributed by atoms with Gasteiger partial charge in [0.1, 0.15) is 40.6 Å². The smallest absolute Gasteiger partial charge is 1.00 e. The van der Waals surface area contributed by atoms with Gasteiger partial charge in [-0.1, -0.05) is 127 Å². The summed E-state index contributed by atoms with van der Waals surface area (Å²) in [5.41, 5.74) is 15.8. The molecule has 0 unspecified atom stereocenters. The number of aliphatic hydroxyl groups is 1. The number of rotatable bonds is 24. The average molecular weight is 1940 g/mol. The maximum absolute atomic E-state index is 14.3. The molecule has 9 aromatic heterocycles. The Morgan fingerprint density at radius 2 is 0.868 bits per heavy atom. The zero-order chi connectivity index (χ0) is 89.5. The van der Waals surface area contributed by atoms with Crippen molar-refractivity contribution in [1.82, 2.24) is 71.4 Å². The minimum absolute atomic E-state index is 0. The first-order chi connectivity index (χ1) is 60.3. The number of quaternary nitrogens is 1. The van der Waals surface area contributed by atoms with Crippen molar-refractivity contribution in [2.75, 3.05) is 48.6 Å². The van der Waals surface area contributed by atoms with Crippen LogP contribution in [0.15, 0.2) is 197 Å². The molecule has 3 saturated carbocycles. The van der Waals surface area contributed by atoms with Crippen molar-refractivity contribution in [1.29, 1.82) is 0 Å². The Morgan fingerprint density at radius 3 is 1.20 bits per heavy atom. The molecule has 4 N–H and O–H groups in total. The van der Waals surface area contributed by atoms with Crippen molar-refractivity contribution in [3.63, 3.8) is 0 Å². The molecule has 3 aliphatic carbocycles. The topological polar surface area (TPSA) is 373 Å². The number of carboxylic acids is 1. The summed E-state index contributed by atoms with van der Waals surface area (Å²) in [4.78, 5) is 120. The van der Waals surface area contributed by atoms with Crippen LogP contribution in [-0.2, 0) is 74.3 Å². The van der Waals surface area contributed by atoms with E-state index >= 15 is 0 Å². The van der Waals surface area contributed by atoms with E-state index in [0.717, 1.165) is 135 Å². The number of ether oxygens (including phenoxy) is 2. The van der Waals surface area contributed by atoms with Crippen LogP contribution < -0.4 is 179 Å². The molecule has 35 heteroatoms. The van der Waals surface area contributed by atoms with E-state index < -0.39 is 31.2 Å². The Labute approximate surface area is 873 Å². The van der Waals surface area contributed by atoms with Gasteiger partial charge in [-0.05, 0) is 136 Å². The Bertz CT molecular complexity index is 6530. The number of carboxylic acid groups (broad SMARTS) is 1. The number of carbonyl (C=O) groups is 4. The zero-order valence-corrected chi connectivity index (χ0v) is 86.2. The molecule has 6 aromatic carbocycles. The second kappa shape index (κ2) is 49.4. The number of hydrogen-bond donors (Lipinski definition) is 3. The van der Waals surface area contributed by atoms with Crippen LogP contribution in [0.5, 0.6) is 0 Å². The van der Waals surface area contributed by atoms with Gasteiger partial charge in [0, 0.05) is 103 Å². The standard InChI is InChI=1S/C30H31N5O3.C28H27N5O3.C19H20N4O3.C14H21N2.CH3F.CH2O3.CH4O.HI.2K.Na.H2O.H/c1-4-38-26(36)15-24(20-10-6-5-7-11-20)35-29-25(16-31-28(32-29)21-13-14-21)34(30(35)37)18-22-17-33(3)23-12-8-9-19(2)27(22)23;1-17-7-6-10-21-25(17)20(15-31(21)2)16-32-23-14-29-26(19-11-12-19)30-27(23)33(28(32)36)22(13-24(34)35)18-8-4-3-5-9-18;1-2-26-16(24)10-15(12-6-4-3-5-7-12)23-18-14(21-19(23)25)11-20-17(22-18)13-8-9-13;1-11-7-6-8-13-14(11)12(9-15(13)2)10-16(3,4)5;1-2;2-1-4-3;1-2;;;;;;/h5-12,16-17,21,24H,4,13-15,18H2,1-3H3;3-10,14-15,19,22H,11-13,16H2,1-2H3,(H,34,35);3-7,11,13,15H,2,8-10H2,1H3,(H,21,25);6-9H,10H2,1-5H3;1H3;1,3H;2H,1H3;1H;;;;1H2;/q;;;+1;;;;;3*+1;;-1/p-3/t24-;22-;15-;;;;;;;;;;/m111........../s1/i;;;;1D;;;;;;;;. The fourth-order valence-electron chi connectivity index (χ4n) is 16.3. The Balaban J connectivity index is 0.000000265. The van der Waals surface area contributed by atoms with Crippen molar-refractivity contribution in [3.8, 4) is 0 Å². The van der Waals surface area contributed by atoms with Gasteiger partial charge in [0.15, 0.2) is 16.9 Å². The van der Waals surface area contributed by atoms with Crippen LogP contribution in [-0.4, -0.2) is 165 Å². The van der Waals surface area contributed by atoms with Crippen molar-refractivity contribution in [2.24, 2.45) is 21.1 Å². The van der Waals surface area contributed by atoms with Crippen LogP contribution in [0.25, 0.3) is 66.2 Å². The predicted octanol–water partition coefficient (Wildman–Crippen LogP) is 1.06. The molecule has 3 atom stereocenters. The van der Waals surface area contributed by atoms with Gasteiger partial charge in [-0.2, -0.15) is 0 Å². The van der Waals surface area contributed by atoms with Gasteiger partial charge < -0.3 is 83.9 Å². The van der Waals surface area contributed by atoms with E-state index in [1.807, 2.05) is 117 Å². The molecule has 0 bridgehead atoms. The summed E-state index contributed by atoms with van der Waals surface area (Å²) in [5, 5.41) is 28.9. The van der Waals surface area contributed by atoms with Gasteiger partial charge >= 0.3 is 167 Å². The van der Waals surface area contributed by atoms with E-state index in [1.165, 1.54) is 22.0 Å². The number of aliphatic carboxylic acids is 1. The number of nitrogens with one attached hydrogen (secondary N) is 1. The van der Waals surface area contributed by atoms with Crippen molar-refractivity contribution in [3.05, 3.63) is 282 Å². The minimum Gasteiger partial charge on any atom is -1.00 e. The van der Waals surface area contributed by atoms with E-state index in [-0.39, 0.29) is 225 Å². The van der Waals surface area contributed by atoms with E-state index in [9.17, 15) is 38.3 Å². The Kier molecular flexibility index (Phi) is 40.6. The molecule has 129 heavy (non-hydrogen) atoms. The number of halogens is 2. The van der Waals surface area contributed by atoms with Crippen molar-refractivity contribution >= 4 is 90.6 Å². The van der Waals surface area contributed by atoms with Crippen molar-refractivity contribution < 1.29 is 222 Å². The molecule has 15 aromatic rings. The molecule has 9 heterocycles. The second-order valence-corrected chi connectivity index (χ2v) is 32.2. The number of H-pyrrole nitrogens is 1. The second-order valence-electron chi connectivity index (χ2n) is 32.2. The quantitative estimate of drug-likeness (QED) is 0.0145. The third-order valence-electron chi connectivity index (χ3n) is 22.2. The number of aromatic nitrogens is 15. The zero-order valence-electron chi connectivity index (χ0n) is 77.8. The maximum Gasteiger partial charge on any atom is 1.00 e. The molecule has 0 radical (unpaired) electrons. The number of imidazole rings is 3. The molecule has 3 aliphatic rings. The Morgan fingerprint density at radius 1 is 0.543 bits per heavy atom. The first-order valence-corrected chi connectivity index (χ1v) is 41.3. The number of esters is 2. The normalized spacial score (nSPS) is 13.2. The number of alkyl halides is 1. The van der Waals surface area contributed by atoms with Crippen LogP contribution in [0.2, 0.25) is 0 Å². The molecule has 3 fully saturated rings. The molecular formula is C94H109FIK2N16NaO14. The van der Waals surface area contributed by atoms with E-state index in [4.69, 9.17) is 36.0 Å². The van der Waals surface area contributed by atoms with Gasteiger partial charge in [0.05, 0.1) is 112 Å². The fourth-order valence-corrected chi connectivity index (χ4v) is 16.3. The van der Waals surface area contributed by atoms with Gasteiger partial charge in [-0.3, -0.25) is 46.4 Å². The van der Waals surface area contributed by atoms with Crippen LogP contribution >= 0.6 is 0 Å². The summed E-state index contributed by atoms with van der Waals surface area (Å²) in [5.74, 6) is 1.56. The molecule has 666 valence electrons. The van der Waals surface area contributed by atoms with E-state index in [1.54, 1.807) is 55.3 Å². The van der Waals surface area contributed by atoms with Gasteiger partial charge in [0.25, 0.3) is 6.47 Å². The van der Waals surface area contributed by atoms with Crippen LogP contribution in [0.4, 0.5) is 4.39 Å². The molecule has 0 spiro atoms. The van der Waals surface area contributed by atoms with E-state index in [2.05, 4.69) is 154 Å². The number of carbonyl (C=O) groups excluding carboxylic acids is 3. The summed E-state index contributed by atoms with van der Waals surface area (Å²) in [7, 11) is 12.8. The molecule has 0 aliphatic heterocycles. The van der Waals surface area contributed by atoms with Gasteiger partial charge in [-0.25, -0.2) is 44.3 Å². The number of aliphatic hydroxyl groups excluding tert-OH is 1. The van der Waals surface area contributed by atoms with Crippen LogP contribution in [0, 0.1) is 20.8 Å². The van der Waals surface area contributed by atoms with E-state index in [0.29, 0.717) is 70.9 Å². The average Bonchev–Trinajstić information content (AvgIpc) is 1.59. The first kappa shape index (κ1) is 106. The number of fused-ring (bicyclic) bond motifs is 6. The summed E-state index contributed by atoms with van der Waals surface area (Å²) >= 11 is 0. The SMILES string of the molecule is CCOC(=O)C[C@H](c1ccccc1)n1c(=O)[nH]c2cnc(C3CC3)nc21.CCOC(=O)C[C@H](c1ccccc1)n1c(=O)n(Cc2cn(C)c3cccc(C)c23)c2cnc(C3CC3)nc21.CO.Cc1cccc2c1c(C[N+](C)(C)C)cn2C.Cc1cccc2c1c(Cn1c(=O)n([C@H](CC(=O)O)c3ccccc3)c3nc(C4CC4)ncc31)cn2C.O=CO[O-].[2H]CF.[H-].[I-].[K+].[K+].[Na+].[OH-]. The third kappa shape index (κ3) is 25.7. The monoisotopic (exact) mass is 1930 g/mol. The summed E-state index contributed by atoms with van der Waals surface area (Å²) in [6, 6.07) is 45.6. The molecule has 30 nitrogen and oxygen atoms in total. The number of hydrogen-bond acceptors (Lipinski definition) is 19. The number of benzene rings is 6. The molecular weight excluding hydrogens is 1820 g/mol. The fraction of sp³-hybridized carbons (Fsp3) is 0.351. The molecule has 0 amide bonds. The summed E-state index contributed by atoms with van der Waals surface area (Å²) in [6.07, 6.45) is 17.8. The Hall–Kier alpha value is -8.36. The van der Waals surface area contributed by atoms with Gasteiger partial charge in [0.2, 0.25) is 0 Å². The van der Waals surface area contributed by atoms with Crippen LogP contribution in [0.3, 0.4) is 0 Å². The number of nitrogens with zero attached hydrogens (tertiary/aromatic N) is 15.